The molecule has 0 fully saturated rings. The Morgan fingerprint density at radius 3 is 2.94 bits per heavy atom. The Labute approximate surface area is 102 Å². The van der Waals surface area contributed by atoms with Crippen molar-refractivity contribution < 1.29 is 0 Å². The van der Waals surface area contributed by atoms with E-state index in [4.69, 9.17) is 0 Å². The Morgan fingerprint density at radius 2 is 2.00 bits per heavy atom. The lowest BCUT2D eigenvalue weighted by atomic mass is 9.87. The number of hydrogen-bond acceptors (Lipinski definition) is 0. The summed E-state index contributed by atoms with van der Waals surface area (Å²) in [5.41, 5.74) is 8.78. The molecule has 82 valence electrons. The number of hydrogen-bond donors (Lipinski definition) is 0. The average Bonchev–Trinajstić information content (AvgIpc) is 2.67. The molecule has 2 aromatic carbocycles. The topological polar surface area (TPSA) is 0 Å². The van der Waals surface area contributed by atoms with Crippen molar-refractivity contribution in [2.45, 2.75) is 19.3 Å². The summed E-state index contributed by atoms with van der Waals surface area (Å²) < 4.78 is 0. The van der Waals surface area contributed by atoms with E-state index in [2.05, 4.69) is 55.5 Å². The first kappa shape index (κ1) is 9.23. The fraction of sp³-hybridized carbons (Fsp3) is 0.176. The summed E-state index contributed by atoms with van der Waals surface area (Å²) in [6, 6.07) is 13.6. The highest BCUT2D eigenvalue weighted by molar-refractivity contribution is 5.82. The largest absolute Gasteiger partial charge is 0.0832 e. The van der Waals surface area contributed by atoms with Gasteiger partial charge in [-0.25, -0.2) is 0 Å². The summed E-state index contributed by atoms with van der Waals surface area (Å²) in [4.78, 5) is 0. The van der Waals surface area contributed by atoms with Crippen LogP contribution in [0, 0.1) is 6.92 Å². The van der Waals surface area contributed by atoms with E-state index in [0.717, 1.165) is 6.42 Å². The van der Waals surface area contributed by atoms with Crippen molar-refractivity contribution in [2.75, 3.05) is 0 Å². The van der Waals surface area contributed by atoms with Crippen LogP contribution < -0.4 is 0 Å². The molecule has 0 nitrogen and oxygen atoms in total. The van der Waals surface area contributed by atoms with E-state index in [1.807, 2.05) is 0 Å². The quantitative estimate of drug-likeness (QED) is 0.581. The summed E-state index contributed by atoms with van der Waals surface area (Å²) in [6.45, 7) is 2.17. The molecule has 2 aliphatic carbocycles. The standard InChI is InChI=1S/C17H14/c1-11-8-9-13-14-6-2-4-12-5-3-7-15(17(12)14)16(13)10-11/h2-3,5-10,14H,4H2,1H3. The van der Waals surface area contributed by atoms with Gasteiger partial charge in [-0.3, -0.25) is 0 Å². The number of fused-ring (bicyclic) bond motifs is 3. The van der Waals surface area contributed by atoms with Crippen LogP contribution in [-0.4, -0.2) is 0 Å². The Morgan fingerprint density at radius 1 is 1.06 bits per heavy atom. The molecular formula is C17H14. The monoisotopic (exact) mass is 218 g/mol. The Balaban J connectivity index is 2.11. The van der Waals surface area contributed by atoms with Crippen LogP contribution in [0.15, 0.2) is 48.6 Å². The lowest BCUT2D eigenvalue weighted by Crippen LogP contribution is -2.02. The molecule has 0 saturated heterocycles. The highest BCUT2D eigenvalue weighted by Crippen LogP contribution is 2.48. The Kier molecular flexibility index (Phi) is 1.69. The van der Waals surface area contributed by atoms with Gasteiger partial charge in [-0.1, -0.05) is 54.1 Å². The normalized spacial score (nSPS) is 19.0. The third-order valence-corrected chi connectivity index (χ3v) is 4.01. The molecule has 1 unspecified atom stereocenters. The SMILES string of the molecule is Cc1ccc2c(c1)-c1cccc3c1C2C=CC3. The smallest absolute Gasteiger partial charge is 0.0284 e. The number of allylic oxidation sites excluding steroid dienone is 2. The number of benzene rings is 2. The third kappa shape index (κ3) is 1.13. The van der Waals surface area contributed by atoms with E-state index in [-0.39, 0.29) is 0 Å². The average molecular weight is 218 g/mol. The summed E-state index contributed by atoms with van der Waals surface area (Å²) >= 11 is 0. The third-order valence-electron chi connectivity index (χ3n) is 4.01. The molecule has 0 heterocycles. The molecule has 0 bridgehead atoms. The van der Waals surface area contributed by atoms with Crippen LogP contribution >= 0.6 is 0 Å². The molecule has 2 aliphatic rings. The number of aryl methyl sites for hydroxylation is 1. The molecule has 17 heavy (non-hydrogen) atoms. The van der Waals surface area contributed by atoms with Crippen LogP contribution in [-0.2, 0) is 6.42 Å². The van der Waals surface area contributed by atoms with Gasteiger partial charge in [0.25, 0.3) is 0 Å². The molecule has 1 atom stereocenters. The summed E-state index contributed by atoms with van der Waals surface area (Å²) in [5, 5.41) is 0. The van der Waals surface area contributed by atoms with Gasteiger partial charge in [-0.2, -0.15) is 0 Å². The van der Waals surface area contributed by atoms with Crippen LogP contribution in [0.25, 0.3) is 11.1 Å². The van der Waals surface area contributed by atoms with E-state index in [0.29, 0.717) is 5.92 Å². The van der Waals surface area contributed by atoms with E-state index < -0.39 is 0 Å². The fourth-order valence-electron chi connectivity index (χ4n) is 3.25. The minimum absolute atomic E-state index is 0.505. The summed E-state index contributed by atoms with van der Waals surface area (Å²) in [6.07, 6.45) is 5.77. The van der Waals surface area contributed by atoms with Crippen molar-refractivity contribution in [3.05, 3.63) is 70.8 Å². The highest BCUT2D eigenvalue weighted by atomic mass is 14.3. The second kappa shape index (κ2) is 3.10. The molecule has 0 radical (unpaired) electrons. The van der Waals surface area contributed by atoms with Gasteiger partial charge in [0, 0.05) is 5.92 Å². The van der Waals surface area contributed by atoms with Crippen molar-refractivity contribution in [1.29, 1.82) is 0 Å². The second-order valence-electron chi connectivity index (χ2n) is 5.08. The van der Waals surface area contributed by atoms with Gasteiger partial charge < -0.3 is 0 Å². The second-order valence-corrected chi connectivity index (χ2v) is 5.08. The predicted octanol–water partition coefficient (Wildman–Crippen LogP) is 4.22. The van der Waals surface area contributed by atoms with Gasteiger partial charge in [0.2, 0.25) is 0 Å². The first-order valence-electron chi connectivity index (χ1n) is 6.24. The maximum absolute atomic E-state index is 2.37. The maximum atomic E-state index is 2.37. The minimum Gasteiger partial charge on any atom is -0.0832 e. The zero-order chi connectivity index (χ0) is 11.4. The van der Waals surface area contributed by atoms with Gasteiger partial charge in [-0.05, 0) is 41.2 Å². The zero-order valence-corrected chi connectivity index (χ0v) is 9.90. The van der Waals surface area contributed by atoms with Crippen LogP contribution in [0.3, 0.4) is 0 Å². The molecular weight excluding hydrogens is 204 g/mol. The highest BCUT2D eigenvalue weighted by Gasteiger charge is 2.30. The van der Waals surface area contributed by atoms with Gasteiger partial charge in [0.05, 0.1) is 0 Å². The summed E-state index contributed by atoms with van der Waals surface area (Å²) in [7, 11) is 0. The molecule has 4 rings (SSSR count). The van der Waals surface area contributed by atoms with E-state index >= 15 is 0 Å². The van der Waals surface area contributed by atoms with Gasteiger partial charge in [0.1, 0.15) is 0 Å². The van der Waals surface area contributed by atoms with Crippen LogP contribution in [0.5, 0.6) is 0 Å². The van der Waals surface area contributed by atoms with Gasteiger partial charge in [0.15, 0.2) is 0 Å². The van der Waals surface area contributed by atoms with Crippen molar-refractivity contribution in [3.63, 3.8) is 0 Å². The molecule has 0 aromatic heterocycles. The molecule has 0 amide bonds. The first-order chi connectivity index (χ1) is 8.34. The van der Waals surface area contributed by atoms with Gasteiger partial charge >= 0.3 is 0 Å². The zero-order valence-electron chi connectivity index (χ0n) is 9.90. The molecule has 0 heteroatoms. The maximum Gasteiger partial charge on any atom is 0.0284 e. The van der Waals surface area contributed by atoms with E-state index in [9.17, 15) is 0 Å². The van der Waals surface area contributed by atoms with Crippen LogP contribution in [0.4, 0.5) is 0 Å². The molecule has 0 aliphatic heterocycles. The van der Waals surface area contributed by atoms with Crippen molar-refractivity contribution in [2.24, 2.45) is 0 Å². The van der Waals surface area contributed by atoms with E-state index in [1.165, 1.54) is 27.8 Å². The predicted molar refractivity (Wildman–Crippen MR) is 71.3 cm³/mol. The number of rotatable bonds is 0. The minimum atomic E-state index is 0.505. The fourth-order valence-corrected chi connectivity index (χ4v) is 3.25. The Hall–Kier alpha value is -1.82. The lowest BCUT2D eigenvalue weighted by Gasteiger charge is -2.17. The lowest BCUT2D eigenvalue weighted by molar-refractivity contribution is 0.987. The molecule has 0 N–H and O–H groups in total. The van der Waals surface area contributed by atoms with Crippen molar-refractivity contribution >= 4 is 0 Å². The molecule has 0 saturated carbocycles. The Bertz CT molecular complexity index is 647. The van der Waals surface area contributed by atoms with Crippen molar-refractivity contribution in [1.82, 2.24) is 0 Å². The molecule has 2 aromatic rings. The van der Waals surface area contributed by atoms with Crippen LogP contribution in [0.1, 0.15) is 28.2 Å². The molecule has 0 spiro atoms. The van der Waals surface area contributed by atoms with Crippen molar-refractivity contribution in [3.8, 4) is 11.1 Å². The first-order valence-corrected chi connectivity index (χ1v) is 6.24. The van der Waals surface area contributed by atoms with Crippen LogP contribution in [0.2, 0.25) is 0 Å². The summed E-state index contributed by atoms with van der Waals surface area (Å²) in [5.74, 6) is 0.505. The van der Waals surface area contributed by atoms with E-state index in [1.54, 1.807) is 5.56 Å². The van der Waals surface area contributed by atoms with Gasteiger partial charge in [-0.15, -0.1) is 0 Å².